The van der Waals surface area contributed by atoms with Crippen LogP contribution in [0.15, 0.2) is 16.5 Å². The third-order valence-electron chi connectivity index (χ3n) is 2.58. The summed E-state index contributed by atoms with van der Waals surface area (Å²) >= 11 is 0. The van der Waals surface area contributed by atoms with Gasteiger partial charge in [-0.15, -0.1) is 0 Å². The van der Waals surface area contributed by atoms with Gasteiger partial charge in [0.25, 0.3) is 0 Å². The molecule has 1 aromatic heterocycles. The van der Waals surface area contributed by atoms with Gasteiger partial charge in [0.15, 0.2) is 0 Å². The van der Waals surface area contributed by atoms with Crippen LogP contribution < -0.4 is 0 Å². The molecule has 112 valence electrons. The van der Waals surface area contributed by atoms with E-state index < -0.39 is 5.60 Å². The molecule has 0 saturated carbocycles. The molecule has 0 fully saturated rings. The maximum absolute atomic E-state index is 11.9. The average molecular weight is 281 g/mol. The van der Waals surface area contributed by atoms with Gasteiger partial charge in [0.05, 0.1) is 13.0 Å². The zero-order valence-corrected chi connectivity index (χ0v) is 12.9. The Kier molecular flexibility index (Phi) is 5.36. The first-order valence-electron chi connectivity index (χ1n) is 6.68. The Morgan fingerprint density at radius 2 is 1.90 bits per heavy atom. The van der Waals surface area contributed by atoms with Crippen molar-refractivity contribution in [2.75, 3.05) is 7.05 Å². The van der Waals surface area contributed by atoms with Crippen molar-refractivity contribution in [3.63, 3.8) is 0 Å². The van der Waals surface area contributed by atoms with Crippen molar-refractivity contribution in [1.29, 1.82) is 0 Å². The van der Waals surface area contributed by atoms with Gasteiger partial charge in [-0.2, -0.15) is 0 Å². The van der Waals surface area contributed by atoms with Crippen LogP contribution in [0.1, 0.15) is 45.1 Å². The summed E-state index contributed by atoms with van der Waals surface area (Å²) in [6.07, 6.45) is 0.239. The monoisotopic (exact) mass is 281 g/mol. The summed E-state index contributed by atoms with van der Waals surface area (Å²) in [4.78, 5) is 25.0. The first-order chi connectivity index (χ1) is 9.17. The zero-order valence-electron chi connectivity index (χ0n) is 12.9. The predicted octanol–water partition coefficient (Wildman–Crippen LogP) is 2.67. The van der Waals surface area contributed by atoms with Crippen molar-refractivity contribution in [3.05, 3.63) is 23.7 Å². The Balaban J connectivity index is 2.37. The molecule has 1 heterocycles. The van der Waals surface area contributed by atoms with Gasteiger partial charge in [0.2, 0.25) is 5.91 Å². The average Bonchev–Trinajstić information content (AvgIpc) is 2.69. The highest BCUT2D eigenvalue weighted by atomic mass is 16.6. The van der Waals surface area contributed by atoms with Crippen molar-refractivity contribution in [2.45, 2.75) is 52.7 Å². The van der Waals surface area contributed by atoms with E-state index in [0.29, 0.717) is 6.54 Å². The number of hydrogen-bond acceptors (Lipinski definition) is 4. The van der Waals surface area contributed by atoms with Crippen LogP contribution in [-0.2, 0) is 20.9 Å². The lowest BCUT2D eigenvalue weighted by Gasteiger charge is -2.20. The highest BCUT2D eigenvalue weighted by Crippen LogP contribution is 2.12. The van der Waals surface area contributed by atoms with Crippen molar-refractivity contribution >= 4 is 11.9 Å². The second-order valence-corrected chi connectivity index (χ2v) is 5.85. The number of nitrogens with zero attached hydrogens (tertiary/aromatic N) is 1. The third-order valence-corrected chi connectivity index (χ3v) is 2.58. The van der Waals surface area contributed by atoms with Gasteiger partial charge in [-0.05, 0) is 39.8 Å². The minimum absolute atomic E-state index is 0.0949. The Morgan fingerprint density at radius 1 is 1.25 bits per heavy atom. The van der Waals surface area contributed by atoms with Crippen LogP contribution >= 0.6 is 0 Å². The third kappa shape index (κ3) is 5.91. The van der Waals surface area contributed by atoms with E-state index in [4.69, 9.17) is 9.15 Å². The molecule has 0 saturated heterocycles. The fourth-order valence-electron chi connectivity index (χ4n) is 1.68. The number of rotatable bonds is 5. The molecular formula is C15H23NO4. The van der Waals surface area contributed by atoms with E-state index >= 15 is 0 Å². The van der Waals surface area contributed by atoms with E-state index in [2.05, 4.69) is 0 Å². The van der Waals surface area contributed by atoms with Crippen molar-refractivity contribution in [2.24, 2.45) is 0 Å². The minimum atomic E-state index is -0.516. The summed E-state index contributed by atoms with van der Waals surface area (Å²) in [5, 5.41) is 0. The Labute approximate surface area is 119 Å². The maximum Gasteiger partial charge on any atom is 0.306 e. The van der Waals surface area contributed by atoms with Gasteiger partial charge in [-0.25, -0.2) is 0 Å². The molecule has 1 aromatic rings. The normalized spacial score (nSPS) is 11.2. The maximum atomic E-state index is 11.9. The van der Waals surface area contributed by atoms with Crippen LogP contribution in [0.4, 0.5) is 0 Å². The number of furan rings is 1. The van der Waals surface area contributed by atoms with Gasteiger partial charge >= 0.3 is 5.97 Å². The molecule has 0 atom stereocenters. The fourth-order valence-corrected chi connectivity index (χ4v) is 1.68. The number of carbonyl (C=O) groups excluding carboxylic acids is 2. The zero-order chi connectivity index (χ0) is 15.3. The van der Waals surface area contributed by atoms with E-state index in [1.54, 1.807) is 32.7 Å². The first kappa shape index (κ1) is 16.3. The van der Waals surface area contributed by atoms with Crippen LogP contribution in [0.25, 0.3) is 0 Å². The van der Waals surface area contributed by atoms with E-state index in [0.717, 1.165) is 11.5 Å². The van der Waals surface area contributed by atoms with E-state index in [1.807, 2.05) is 19.1 Å². The minimum Gasteiger partial charge on any atom is -0.464 e. The second kappa shape index (κ2) is 6.59. The van der Waals surface area contributed by atoms with Gasteiger partial charge in [-0.3, -0.25) is 9.59 Å². The lowest BCUT2D eigenvalue weighted by atomic mass is 10.2. The number of hydrogen-bond donors (Lipinski definition) is 0. The number of esters is 1. The first-order valence-corrected chi connectivity index (χ1v) is 6.68. The lowest BCUT2D eigenvalue weighted by molar-refractivity contribution is -0.156. The van der Waals surface area contributed by atoms with E-state index in [9.17, 15) is 9.59 Å². The van der Waals surface area contributed by atoms with Gasteiger partial charge < -0.3 is 14.1 Å². The van der Waals surface area contributed by atoms with Crippen molar-refractivity contribution in [1.82, 2.24) is 4.90 Å². The van der Waals surface area contributed by atoms with Crippen LogP contribution in [0.3, 0.4) is 0 Å². The topological polar surface area (TPSA) is 59.8 Å². The highest BCUT2D eigenvalue weighted by molar-refractivity contribution is 5.81. The Hall–Kier alpha value is -1.78. The van der Waals surface area contributed by atoms with Gasteiger partial charge in [0.1, 0.15) is 17.1 Å². The quantitative estimate of drug-likeness (QED) is 0.778. The summed E-state index contributed by atoms with van der Waals surface area (Å²) in [5.41, 5.74) is -0.516. The van der Waals surface area contributed by atoms with Crippen LogP contribution in [-0.4, -0.2) is 29.4 Å². The summed E-state index contributed by atoms with van der Waals surface area (Å²) < 4.78 is 10.6. The summed E-state index contributed by atoms with van der Waals surface area (Å²) in [5.74, 6) is 1.09. The van der Waals surface area contributed by atoms with E-state index in [-0.39, 0.29) is 24.7 Å². The molecule has 0 unspecified atom stereocenters. The van der Waals surface area contributed by atoms with Crippen LogP contribution in [0, 0.1) is 6.92 Å². The lowest BCUT2D eigenvalue weighted by Crippen LogP contribution is -2.28. The molecule has 0 bridgehead atoms. The van der Waals surface area contributed by atoms with E-state index in [1.165, 1.54) is 0 Å². The molecule has 0 aliphatic heterocycles. The smallest absolute Gasteiger partial charge is 0.306 e. The molecule has 1 rings (SSSR count). The largest absolute Gasteiger partial charge is 0.464 e. The summed E-state index contributed by atoms with van der Waals surface area (Å²) in [7, 11) is 1.69. The highest BCUT2D eigenvalue weighted by Gasteiger charge is 2.18. The van der Waals surface area contributed by atoms with Gasteiger partial charge in [-0.1, -0.05) is 0 Å². The SMILES string of the molecule is Cc1ccc(CN(C)C(=O)CCC(=O)OC(C)(C)C)o1. The second-order valence-electron chi connectivity index (χ2n) is 5.85. The van der Waals surface area contributed by atoms with Crippen LogP contribution in [0.2, 0.25) is 0 Å². The molecule has 0 spiro atoms. The molecule has 0 radical (unpaired) electrons. The molecule has 5 nitrogen and oxygen atoms in total. The van der Waals surface area contributed by atoms with Crippen molar-refractivity contribution in [3.8, 4) is 0 Å². The number of carbonyl (C=O) groups is 2. The standard InChI is InChI=1S/C15H23NO4/c1-11-6-7-12(19-11)10-16(5)13(17)8-9-14(18)20-15(2,3)4/h6-7H,8-10H2,1-5H3. The Morgan fingerprint density at radius 3 is 2.40 bits per heavy atom. The molecule has 0 aliphatic rings. The Bertz CT molecular complexity index is 470. The summed E-state index contributed by atoms with van der Waals surface area (Å²) in [6.45, 7) is 7.67. The molecule has 1 amide bonds. The molecule has 5 heteroatoms. The molecule has 0 aromatic carbocycles. The van der Waals surface area contributed by atoms with Gasteiger partial charge in [0, 0.05) is 13.5 Å². The van der Waals surface area contributed by atoms with Crippen molar-refractivity contribution < 1.29 is 18.7 Å². The molecular weight excluding hydrogens is 258 g/mol. The molecule has 0 N–H and O–H groups in total. The number of aryl methyl sites for hydroxylation is 1. The fraction of sp³-hybridized carbons (Fsp3) is 0.600. The molecule has 0 aliphatic carbocycles. The number of ether oxygens (including phenoxy) is 1. The predicted molar refractivity (Wildman–Crippen MR) is 75.0 cm³/mol. The summed E-state index contributed by atoms with van der Waals surface area (Å²) in [6, 6.07) is 3.70. The van der Waals surface area contributed by atoms with Crippen LogP contribution in [0.5, 0.6) is 0 Å². The number of amides is 1. The molecule has 20 heavy (non-hydrogen) atoms.